The molecule has 154 valence electrons. The molecule has 2 aromatic rings. The van der Waals surface area contributed by atoms with Crippen LogP contribution in [0.5, 0.6) is 0 Å². The van der Waals surface area contributed by atoms with Crippen molar-refractivity contribution >= 4 is 23.5 Å². The largest absolute Gasteiger partial charge is 0.490 e. The molecule has 0 saturated carbocycles. The Balaban J connectivity index is 0.000000480. The van der Waals surface area contributed by atoms with E-state index in [1.807, 2.05) is 31.0 Å². The minimum Gasteiger partial charge on any atom is -0.478 e. The lowest BCUT2D eigenvalue weighted by atomic mass is 10.1. The summed E-state index contributed by atoms with van der Waals surface area (Å²) < 4.78 is 33.6. The number of carboxylic acids is 2. The highest BCUT2D eigenvalue weighted by atomic mass is 35.5. The fourth-order valence-corrected chi connectivity index (χ4v) is 2.45. The molecule has 0 radical (unpaired) electrons. The second-order valence-electron chi connectivity index (χ2n) is 5.80. The molecular weight excluding hydrogens is 403 g/mol. The van der Waals surface area contributed by atoms with Gasteiger partial charge in [-0.3, -0.25) is 9.58 Å². The van der Waals surface area contributed by atoms with Crippen LogP contribution in [0.2, 0.25) is 5.02 Å². The molecule has 11 heteroatoms. The highest BCUT2D eigenvalue weighted by molar-refractivity contribution is 6.33. The van der Waals surface area contributed by atoms with E-state index in [-0.39, 0.29) is 10.6 Å². The summed E-state index contributed by atoms with van der Waals surface area (Å²) in [6.07, 6.45) is -1.20. The maximum atomic E-state index is 10.9. The van der Waals surface area contributed by atoms with Gasteiger partial charge in [0.25, 0.3) is 0 Å². The zero-order valence-corrected chi connectivity index (χ0v) is 15.8. The van der Waals surface area contributed by atoms with Crippen molar-refractivity contribution in [3.8, 4) is 0 Å². The number of carbonyl (C=O) groups is 2. The summed E-state index contributed by atoms with van der Waals surface area (Å²) in [4.78, 5) is 21.9. The van der Waals surface area contributed by atoms with Crippen LogP contribution in [0.25, 0.3) is 0 Å². The molecule has 0 amide bonds. The van der Waals surface area contributed by atoms with Gasteiger partial charge in [-0.2, -0.15) is 18.3 Å². The van der Waals surface area contributed by atoms with Gasteiger partial charge in [-0.15, -0.1) is 0 Å². The summed E-state index contributed by atoms with van der Waals surface area (Å²) in [5, 5.41) is 20.6. The number of aromatic nitrogens is 2. The van der Waals surface area contributed by atoms with Crippen molar-refractivity contribution in [2.45, 2.75) is 32.7 Å². The first-order valence-electron chi connectivity index (χ1n) is 7.95. The van der Waals surface area contributed by atoms with E-state index in [2.05, 4.69) is 10.00 Å². The summed E-state index contributed by atoms with van der Waals surface area (Å²) in [5.74, 6) is -3.76. The normalized spacial score (nSPS) is 11.1. The number of aromatic carboxylic acids is 1. The number of hydrogen-bond acceptors (Lipinski definition) is 4. The molecule has 0 bridgehead atoms. The molecular formula is C17H19ClF3N3O4. The molecule has 0 aliphatic heterocycles. The first kappa shape index (κ1) is 23.4. The smallest absolute Gasteiger partial charge is 0.478 e. The lowest BCUT2D eigenvalue weighted by Crippen LogP contribution is -2.21. The molecule has 0 unspecified atom stereocenters. The van der Waals surface area contributed by atoms with Gasteiger partial charge < -0.3 is 10.2 Å². The molecule has 28 heavy (non-hydrogen) atoms. The molecule has 7 nitrogen and oxygen atoms in total. The Kier molecular flexibility index (Phi) is 8.45. The van der Waals surface area contributed by atoms with E-state index in [0.717, 1.165) is 24.2 Å². The minimum atomic E-state index is -5.08. The van der Waals surface area contributed by atoms with Gasteiger partial charge in [0.1, 0.15) is 0 Å². The van der Waals surface area contributed by atoms with Gasteiger partial charge in [0, 0.05) is 31.4 Å². The second kappa shape index (κ2) is 10.1. The molecule has 0 aliphatic carbocycles. The van der Waals surface area contributed by atoms with Crippen molar-refractivity contribution in [1.29, 1.82) is 0 Å². The molecule has 0 fully saturated rings. The van der Waals surface area contributed by atoms with Gasteiger partial charge >= 0.3 is 18.1 Å². The summed E-state index contributed by atoms with van der Waals surface area (Å²) in [6, 6.07) is 5.04. The van der Waals surface area contributed by atoms with Crippen LogP contribution in [0.3, 0.4) is 0 Å². The van der Waals surface area contributed by atoms with E-state index in [9.17, 15) is 18.0 Å². The SMILES string of the molecule is CCn1cc(CN(C)Cc2ccc(C(=O)O)c(Cl)c2)cn1.O=C(O)C(F)(F)F. The van der Waals surface area contributed by atoms with Crippen molar-refractivity contribution in [3.63, 3.8) is 0 Å². The van der Waals surface area contributed by atoms with Gasteiger partial charge in [0.15, 0.2) is 0 Å². The zero-order valence-electron chi connectivity index (χ0n) is 15.1. The van der Waals surface area contributed by atoms with E-state index in [4.69, 9.17) is 26.6 Å². The quantitative estimate of drug-likeness (QED) is 0.741. The van der Waals surface area contributed by atoms with Gasteiger partial charge in [-0.1, -0.05) is 17.7 Å². The standard InChI is InChI=1S/C15H18ClN3O2.C2HF3O2/c1-3-19-10-12(7-17-19)9-18(2)8-11-4-5-13(15(20)21)14(16)6-11;3-2(4,5)1(6)7/h4-7,10H,3,8-9H2,1-2H3,(H,20,21);(H,6,7). The maximum absolute atomic E-state index is 10.9. The lowest BCUT2D eigenvalue weighted by molar-refractivity contribution is -0.192. The van der Waals surface area contributed by atoms with E-state index in [0.29, 0.717) is 6.54 Å². The number of alkyl halides is 3. The minimum absolute atomic E-state index is 0.132. The van der Waals surface area contributed by atoms with Gasteiger partial charge in [0.2, 0.25) is 0 Å². The van der Waals surface area contributed by atoms with Crippen LogP contribution in [0.4, 0.5) is 13.2 Å². The number of benzene rings is 1. The molecule has 0 atom stereocenters. The van der Waals surface area contributed by atoms with Crippen LogP contribution < -0.4 is 0 Å². The van der Waals surface area contributed by atoms with Gasteiger partial charge in [-0.25, -0.2) is 9.59 Å². The maximum Gasteiger partial charge on any atom is 0.490 e. The molecule has 1 aromatic heterocycles. The first-order chi connectivity index (χ1) is 12.9. The van der Waals surface area contributed by atoms with Crippen molar-refractivity contribution in [2.24, 2.45) is 0 Å². The molecule has 1 heterocycles. The van der Waals surface area contributed by atoms with E-state index in [1.165, 1.54) is 0 Å². The van der Waals surface area contributed by atoms with E-state index < -0.39 is 18.1 Å². The molecule has 1 aromatic carbocycles. The Bertz CT molecular complexity index is 824. The summed E-state index contributed by atoms with van der Waals surface area (Å²) in [5.41, 5.74) is 2.26. The number of carboxylic acid groups (broad SMARTS) is 2. The second-order valence-corrected chi connectivity index (χ2v) is 6.21. The third-order valence-corrected chi connectivity index (χ3v) is 3.73. The van der Waals surface area contributed by atoms with Crippen LogP contribution in [-0.4, -0.2) is 50.1 Å². The average molecular weight is 422 g/mol. The van der Waals surface area contributed by atoms with E-state index >= 15 is 0 Å². The van der Waals surface area contributed by atoms with Gasteiger partial charge in [0.05, 0.1) is 16.8 Å². The highest BCUT2D eigenvalue weighted by Crippen LogP contribution is 2.19. The first-order valence-corrected chi connectivity index (χ1v) is 8.33. The van der Waals surface area contributed by atoms with Crippen LogP contribution >= 0.6 is 11.6 Å². The highest BCUT2D eigenvalue weighted by Gasteiger charge is 2.38. The van der Waals surface area contributed by atoms with Crippen molar-refractivity contribution in [2.75, 3.05) is 7.05 Å². The number of hydrogen-bond donors (Lipinski definition) is 2. The number of rotatable bonds is 6. The topological polar surface area (TPSA) is 95.7 Å². The van der Waals surface area contributed by atoms with Crippen molar-refractivity contribution < 1.29 is 33.0 Å². The van der Waals surface area contributed by atoms with Crippen LogP contribution in [0, 0.1) is 0 Å². The third kappa shape index (κ3) is 7.57. The molecule has 2 N–H and O–H groups in total. The number of halogens is 4. The van der Waals surface area contributed by atoms with Crippen LogP contribution in [0.1, 0.15) is 28.4 Å². The van der Waals surface area contributed by atoms with Gasteiger partial charge in [-0.05, 0) is 31.7 Å². The lowest BCUT2D eigenvalue weighted by Gasteiger charge is -2.16. The fraction of sp³-hybridized carbons (Fsp3) is 0.353. The monoisotopic (exact) mass is 421 g/mol. The zero-order chi connectivity index (χ0) is 21.5. The summed E-state index contributed by atoms with van der Waals surface area (Å²) in [7, 11) is 2.00. The Hall–Kier alpha value is -2.59. The van der Waals surface area contributed by atoms with E-state index in [1.54, 1.807) is 18.2 Å². The summed E-state index contributed by atoms with van der Waals surface area (Å²) in [6.45, 7) is 4.37. The number of nitrogens with zero attached hydrogens (tertiary/aromatic N) is 3. The number of aliphatic carboxylic acids is 1. The van der Waals surface area contributed by atoms with Crippen LogP contribution in [-0.2, 0) is 24.4 Å². The number of aryl methyl sites for hydroxylation is 1. The van der Waals surface area contributed by atoms with Crippen molar-refractivity contribution in [1.82, 2.24) is 14.7 Å². The molecule has 0 aliphatic rings. The third-order valence-electron chi connectivity index (χ3n) is 3.42. The molecule has 0 saturated heterocycles. The fourth-order valence-electron chi connectivity index (χ4n) is 2.17. The van der Waals surface area contributed by atoms with Crippen LogP contribution in [0.15, 0.2) is 30.6 Å². The summed E-state index contributed by atoms with van der Waals surface area (Å²) >= 11 is 5.98. The predicted molar refractivity (Wildman–Crippen MR) is 95.2 cm³/mol. The Labute approximate surface area is 163 Å². The predicted octanol–water partition coefficient (Wildman–Crippen LogP) is 3.52. The Morgan fingerprint density at radius 2 is 1.79 bits per heavy atom. The van der Waals surface area contributed by atoms with Crippen molar-refractivity contribution in [3.05, 3.63) is 52.3 Å². The molecule has 0 spiro atoms. The average Bonchev–Trinajstić information content (AvgIpc) is 3.01. The Morgan fingerprint density at radius 3 is 2.21 bits per heavy atom. The Morgan fingerprint density at radius 1 is 1.21 bits per heavy atom. The molecule has 2 rings (SSSR count).